The second-order valence-corrected chi connectivity index (χ2v) is 17.7. The highest BCUT2D eigenvalue weighted by Gasteiger charge is 2.15. The molecule has 0 fully saturated rings. The minimum Gasteiger partial charge on any atom is -0.334 e. The summed E-state index contributed by atoms with van der Waals surface area (Å²) in [6, 6.07) is 0. The van der Waals surface area contributed by atoms with Crippen LogP contribution in [-0.4, -0.2) is 34.9 Å². The zero-order chi connectivity index (χ0) is 7.49. The summed E-state index contributed by atoms with van der Waals surface area (Å²) in [4.78, 5) is 0. The summed E-state index contributed by atoms with van der Waals surface area (Å²) >= 11 is 0. The molecule has 0 heterocycles. The highest BCUT2D eigenvalue weighted by molar-refractivity contribution is 7.21. The van der Waals surface area contributed by atoms with Gasteiger partial charge in [-0.25, -0.2) is 0 Å². The van der Waals surface area contributed by atoms with E-state index < -0.39 is 7.59 Å². The van der Waals surface area contributed by atoms with Crippen LogP contribution < -0.4 is 0 Å². The molecular formula is C6H19NSi2. The number of hydrogen-bond acceptors (Lipinski definition) is 1. The molecule has 0 N–H and O–H groups in total. The Morgan fingerprint density at radius 2 is 1.78 bits per heavy atom. The summed E-state index contributed by atoms with van der Waals surface area (Å²) in [5.74, 6) is 0. The molecule has 9 heavy (non-hydrogen) atoms. The third-order valence-electron chi connectivity index (χ3n) is 1.28. The summed E-state index contributed by atoms with van der Waals surface area (Å²) in [5, 5.41) is 0. The fourth-order valence-electron chi connectivity index (χ4n) is 0.922. The van der Waals surface area contributed by atoms with E-state index in [-0.39, 0.29) is 9.20 Å². The lowest BCUT2D eigenvalue weighted by molar-refractivity contribution is 0.575. The average Bonchev–Trinajstić information content (AvgIpc) is 1.62. The largest absolute Gasteiger partial charge is 0.334 e. The van der Waals surface area contributed by atoms with Crippen molar-refractivity contribution in [3.8, 4) is 0 Å². The molecule has 0 aliphatic rings. The topological polar surface area (TPSA) is 3.24 Å². The molecule has 1 nitrogen and oxygen atoms in total. The van der Waals surface area contributed by atoms with E-state index in [1.165, 1.54) is 6.54 Å². The molecular weight excluding hydrogens is 142 g/mol. The smallest absolute Gasteiger partial charge is 0.0859 e. The van der Waals surface area contributed by atoms with Gasteiger partial charge in [0.1, 0.15) is 0 Å². The van der Waals surface area contributed by atoms with Gasteiger partial charge in [-0.05, 0) is 13.6 Å². The van der Waals surface area contributed by atoms with Crippen molar-refractivity contribution < 1.29 is 0 Å². The first-order valence-corrected chi connectivity index (χ1v) is 10.1. The molecule has 0 atom stereocenters. The van der Waals surface area contributed by atoms with Crippen LogP contribution in [0.1, 0.15) is 6.92 Å². The molecule has 0 aromatic carbocycles. The second kappa shape index (κ2) is 3.53. The third-order valence-corrected chi connectivity index (χ3v) is 7.69. The Labute approximate surface area is 62.1 Å². The maximum Gasteiger partial charge on any atom is 0.0859 e. The van der Waals surface area contributed by atoms with Crippen molar-refractivity contribution >= 4 is 16.8 Å². The molecule has 0 spiro atoms. The van der Waals surface area contributed by atoms with Gasteiger partial charge in [-0.1, -0.05) is 26.6 Å². The molecule has 0 unspecified atom stereocenters. The van der Waals surface area contributed by atoms with Crippen molar-refractivity contribution in [3.63, 3.8) is 0 Å². The molecule has 0 bridgehead atoms. The Kier molecular flexibility index (Phi) is 3.69. The van der Waals surface area contributed by atoms with Gasteiger partial charge < -0.3 is 4.57 Å². The zero-order valence-electron chi connectivity index (χ0n) is 7.36. The van der Waals surface area contributed by atoms with Gasteiger partial charge in [0.15, 0.2) is 0 Å². The van der Waals surface area contributed by atoms with E-state index in [0.29, 0.717) is 0 Å². The molecule has 0 amide bonds. The Morgan fingerprint density at radius 1 is 1.33 bits per heavy atom. The Balaban J connectivity index is 3.47. The monoisotopic (exact) mass is 161 g/mol. The second-order valence-electron chi connectivity index (χ2n) is 3.89. The van der Waals surface area contributed by atoms with Gasteiger partial charge in [0.2, 0.25) is 0 Å². The minimum absolute atomic E-state index is 0.146. The number of hydrogen-bond donors (Lipinski definition) is 0. The molecule has 0 saturated carbocycles. The van der Waals surface area contributed by atoms with E-state index >= 15 is 0 Å². The van der Waals surface area contributed by atoms with Gasteiger partial charge in [0.25, 0.3) is 0 Å². The Bertz CT molecular complexity index is 77.6. The van der Waals surface area contributed by atoms with Gasteiger partial charge >= 0.3 is 0 Å². The normalized spacial score (nSPS) is 14.0. The van der Waals surface area contributed by atoms with Gasteiger partial charge in [-0.15, -0.1) is 0 Å². The lowest BCUT2D eigenvalue weighted by Gasteiger charge is -2.22. The zero-order valence-corrected chi connectivity index (χ0v) is 9.78. The summed E-state index contributed by atoms with van der Waals surface area (Å²) in [5.41, 5.74) is 0. The highest BCUT2D eigenvalue weighted by Crippen LogP contribution is 1.98. The molecule has 0 rings (SSSR count). The first-order valence-electron chi connectivity index (χ1n) is 3.64. The standard InChI is InChI=1S/C6H19NSi2/c1-6-7(2)8-9(3,4)5/h6,8H2,1-5H3. The van der Waals surface area contributed by atoms with E-state index in [9.17, 15) is 0 Å². The molecule has 0 aliphatic heterocycles. The van der Waals surface area contributed by atoms with Crippen molar-refractivity contribution in [2.45, 2.75) is 26.6 Å². The third kappa shape index (κ3) is 6.28. The summed E-state index contributed by atoms with van der Waals surface area (Å²) in [6.07, 6.45) is 0. The van der Waals surface area contributed by atoms with E-state index in [0.717, 1.165) is 0 Å². The SMILES string of the molecule is CCN(C)[SiH2][Si](C)(C)C. The van der Waals surface area contributed by atoms with Crippen molar-refractivity contribution in [3.05, 3.63) is 0 Å². The van der Waals surface area contributed by atoms with Crippen molar-refractivity contribution in [1.29, 1.82) is 0 Å². The van der Waals surface area contributed by atoms with Crippen LogP contribution >= 0.6 is 0 Å². The predicted molar refractivity (Wildman–Crippen MR) is 50.2 cm³/mol. The molecule has 0 aromatic heterocycles. The van der Waals surface area contributed by atoms with Gasteiger partial charge in [-0.2, -0.15) is 0 Å². The van der Waals surface area contributed by atoms with Gasteiger partial charge in [0, 0.05) is 7.59 Å². The number of nitrogens with zero attached hydrogens (tertiary/aromatic N) is 1. The van der Waals surface area contributed by atoms with Crippen molar-refractivity contribution in [2.24, 2.45) is 0 Å². The van der Waals surface area contributed by atoms with E-state index in [2.05, 4.69) is 38.2 Å². The van der Waals surface area contributed by atoms with Crippen molar-refractivity contribution in [2.75, 3.05) is 13.6 Å². The van der Waals surface area contributed by atoms with E-state index in [1.54, 1.807) is 0 Å². The van der Waals surface area contributed by atoms with E-state index in [4.69, 9.17) is 0 Å². The lowest BCUT2D eigenvalue weighted by Crippen LogP contribution is -2.41. The quantitative estimate of drug-likeness (QED) is 0.555. The minimum atomic E-state index is -0.676. The lowest BCUT2D eigenvalue weighted by atomic mass is 10.8. The Morgan fingerprint density at radius 3 is 1.89 bits per heavy atom. The van der Waals surface area contributed by atoms with Crippen LogP contribution in [-0.2, 0) is 0 Å². The van der Waals surface area contributed by atoms with Gasteiger partial charge in [0.05, 0.1) is 9.20 Å². The molecule has 0 saturated heterocycles. The fraction of sp³-hybridized carbons (Fsp3) is 1.00. The molecule has 3 heteroatoms. The van der Waals surface area contributed by atoms with Crippen LogP contribution in [0.3, 0.4) is 0 Å². The summed E-state index contributed by atoms with van der Waals surface area (Å²) in [6.45, 7) is 10.9. The summed E-state index contributed by atoms with van der Waals surface area (Å²) < 4.78 is 2.53. The fourth-order valence-corrected chi connectivity index (χ4v) is 8.29. The average molecular weight is 161 g/mol. The predicted octanol–water partition coefficient (Wildman–Crippen LogP) is 0.857. The molecule has 56 valence electrons. The summed E-state index contributed by atoms with van der Waals surface area (Å²) in [7, 11) is 1.72. The first-order chi connectivity index (χ1) is 3.95. The maximum atomic E-state index is 2.53. The van der Waals surface area contributed by atoms with Gasteiger partial charge in [-0.3, -0.25) is 0 Å². The first kappa shape index (κ1) is 9.39. The van der Waals surface area contributed by atoms with Crippen LogP contribution in [0.25, 0.3) is 0 Å². The van der Waals surface area contributed by atoms with Crippen LogP contribution in [0.4, 0.5) is 0 Å². The molecule has 0 aliphatic carbocycles. The van der Waals surface area contributed by atoms with Crippen LogP contribution in [0.5, 0.6) is 0 Å². The van der Waals surface area contributed by atoms with E-state index in [1.807, 2.05) is 0 Å². The maximum absolute atomic E-state index is 2.53. The molecule has 0 aromatic rings. The van der Waals surface area contributed by atoms with Crippen LogP contribution in [0.15, 0.2) is 0 Å². The Hall–Kier alpha value is 0.394. The highest BCUT2D eigenvalue weighted by atomic mass is 29.2. The van der Waals surface area contributed by atoms with Crippen LogP contribution in [0, 0.1) is 0 Å². The van der Waals surface area contributed by atoms with Crippen LogP contribution in [0.2, 0.25) is 19.6 Å². The molecule has 0 radical (unpaired) electrons. The number of rotatable bonds is 3. The van der Waals surface area contributed by atoms with Crippen molar-refractivity contribution in [1.82, 2.24) is 4.57 Å².